The van der Waals surface area contributed by atoms with E-state index in [1.54, 1.807) is 36.4 Å². The second-order valence-electron chi connectivity index (χ2n) is 7.36. The van der Waals surface area contributed by atoms with Crippen LogP contribution in [0.3, 0.4) is 0 Å². The molecule has 0 spiro atoms. The van der Waals surface area contributed by atoms with Crippen LogP contribution in [0.1, 0.15) is 37.7 Å². The highest BCUT2D eigenvalue weighted by Crippen LogP contribution is 2.21. The standard InChI is InChI=1S/C20H28N2O3S/c1-26(24,25)19-10-7-17(8-11-19)9-12-20(23)22-15-5-6-18(22)16-21-13-3-2-4-14-21/h7-12,18H,2-6,13-16H2,1H3/t18-/m0/s1. The quantitative estimate of drug-likeness (QED) is 0.741. The van der Waals surface area contributed by atoms with Crippen LogP contribution in [0.5, 0.6) is 0 Å². The molecule has 1 amide bonds. The lowest BCUT2D eigenvalue weighted by atomic mass is 10.1. The smallest absolute Gasteiger partial charge is 0.246 e. The third-order valence-corrected chi connectivity index (χ3v) is 6.43. The number of piperidine rings is 1. The summed E-state index contributed by atoms with van der Waals surface area (Å²) in [5.41, 5.74) is 0.831. The number of nitrogens with zero attached hydrogens (tertiary/aromatic N) is 2. The first-order valence-electron chi connectivity index (χ1n) is 9.45. The average molecular weight is 377 g/mol. The fraction of sp³-hybridized carbons (Fsp3) is 0.550. The van der Waals surface area contributed by atoms with Gasteiger partial charge < -0.3 is 9.80 Å². The van der Waals surface area contributed by atoms with E-state index in [4.69, 9.17) is 0 Å². The SMILES string of the molecule is CS(=O)(=O)c1ccc(C=CC(=O)N2CCC[C@H]2CN2CCCCC2)cc1. The summed E-state index contributed by atoms with van der Waals surface area (Å²) in [6.45, 7) is 4.12. The van der Waals surface area contributed by atoms with Gasteiger partial charge in [-0.25, -0.2) is 8.42 Å². The van der Waals surface area contributed by atoms with E-state index in [0.717, 1.165) is 44.6 Å². The zero-order valence-electron chi connectivity index (χ0n) is 15.4. The van der Waals surface area contributed by atoms with Gasteiger partial charge in [-0.15, -0.1) is 0 Å². The fourth-order valence-electron chi connectivity index (χ4n) is 3.85. The molecular formula is C20H28N2O3S. The summed E-state index contributed by atoms with van der Waals surface area (Å²) >= 11 is 0. The van der Waals surface area contributed by atoms with Gasteiger partial charge in [-0.05, 0) is 62.5 Å². The van der Waals surface area contributed by atoms with Crippen LogP contribution in [0.4, 0.5) is 0 Å². The Morgan fingerprint density at radius 3 is 2.42 bits per heavy atom. The van der Waals surface area contributed by atoms with Gasteiger partial charge in [0.1, 0.15) is 0 Å². The maximum absolute atomic E-state index is 12.6. The summed E-state index contributed by atoms with van der Waals surface area (Å²) in [6.07, 6.45) is 10.6. The van der Waals surface area contributed by atoms with Crippen LogP contribution >= 0.6 is 0 Å². The van der Waals surface area contributed by atoms with Gasteiger partial charge in [0, 0.05) is 31.5 Å². The highest BCUT2D eigenvalue weighted by atomic mass is 32.2. The third kappa shape index (κ3) is 4.95. The number of sulfone groups is 1. The summed E-state index contributed by atoms with van der Waals surface area (Å²) < 4.78 is 23.0. The van der Waals surface area contributed by atoms with Crippen molar-refractivity contribution in [1.29, 1.82) is 0 Å². The number of amides is 1. The van der Waals surface area contributed by atoms with E-state index in [1.807, 2.05) is 4.90 Å². The van der Waals surface area contributed by atoms with E-state index < -0.39 is 9.84 Å². The van der Waals surface area contributed by atoms with Crippen molar-refractivity contribution in [3.8, 4) is 0 Å². The van der Waals surface area contributed by atoms with Crippen LogP contribution in [0, 0.1) is 0 Å². The number of likely N-dealkylation sites (tertiary alicyclic amines) is 2. The summed E-state index contributed by atoms with van der Waals surface area (Å²) in [5.74, 6) is 0.0525. The summed E-state index contributed by atoms with van der Waals surface area (Å²) in [4.78, 5) is 17.4. The number of hydrogen-bond donors (Lipinski definition) is 0. The molecule has 5 nitrogen and oxygen atoms in total. The number of benzene rings is 1. The van der Waals surface area contributed by atoms with Gasteiger partial charge in [-0.1, -0.05) is 18.6 Å². The van der Waals surface area contributed by atoms with Crippen LogP contribution in [0.25, 0.3) is 6.08 Å². The van der Waals surface area contributed by atoms with E-state index in [2.05, 4.69) is 4.90 Å². The Morgan fingerprint density at radius 2 is 1.77 bits per heavy atom. The Kier molecular flexibility index (Phi) is 6.14. The van der Waals surface area contributed by atoms with Crippen LogP contribution in [-0.2, 0) is 14.6 Å². The van der Waals surface area contributed by atoms with Gasteiger partial charge in [0.15, 0.2) is 9.84 Å². The number of hydrogen-bond acceptors (Lipinski definition) is 4. The first kappa shape index (κ1) is 19.1. The molecule has 0 aliphatic carbocycles. The molecule has 1 aromatic rings. The second-order valence-corrected chi connectivity index (χ2v) is 9.38. The number of carbonyl (C=O) groups is 1. The van der Waals surface area contributed by atoms with Crippen LogP contribution in [0.2, 0.25) is 0 Å². The molecule has 0 saturated carbocycles. The molecule has 2 saturated heterocycles. The Hall–Kier alpha value is -1.66. The van der Waals surface area contributed by atoms with E-state index in [1.165, 1.54) is 25.5 Å². The van der Waals surface area contributed by atoms with Crippen molar-refractivity contribution in [3.63, 3.8) is 0 Å². The predicted octanol–water partition coefficient (Wildman–Crippen LogP) is 2.58. The lowest BCUT2D eigenvalue weighted by molar-refractivity contribution is -0.127. The molecule has 1 aromatic carbocycles. The van der Waals surface area contributed by atoms with Gasteiger partial charge in [0.2, 0.25) is 5.91 Å². The molecule has 2 aliphatic heterocycles. The third-order valence-electron chi connectivity index (χ3n) is 5.30. The molecule has 0 bridgehead atoms. The lowest BCUT2D eigenvalue weighted by Crippen LogP contribution is -2.44. The van der Waals surface area contributed by atoms with Crippen LogP contribution in [0.15, 0.2) is 35.2 Å². The molecular weight excluding hydrogens is 348 g/mol. The molecule has 2 heterocycles. The van der Waals surface area contributed by atoms with E-state index >= 15 is 0 Å². The van der Waals surface area contributed by atoms with Crippen molar-refractivity contribution in [3.05, 3.63) is 35.9 Å². The largest absolute Gasteiger partial charge is 0.335 e. The van der Waals surface area contributed by atoms with Crippen LogP contribution < -0.4 is 0 Å². The molecule has 6 heteroatoms. The minimum atomic E-state index is -3.19. The summed E-state index contributed by atoms with van der Waals surface area (Å²) in [7, 11) is -3.19. The van der Waals surface area contributed by atoms with Crippen molar-refractivity contribution >= 4 is 21.8 Å². The highest BCUT2D eigenvalue weighted by Gasteiger charge is 2.29. The van der Waals surface area contributed by atoms with Crippen molar-refractivity contribution in [2.75, 3.05) is 32.4 Å². The molecule has 1 atom stereocenters. The van der Waals surface area contributed by atoms with Crippen molar-refractivity contribution in [2.45, 2.75) is 43.0 Å². The minimum Gasteiger partial charge on any atom is -0.335 e. The highest BCUT2D eigenvalue weighted by molar-refractivity contribution is 7.90. The van der Waals surface area contributed by atoms with E-state index in [-0.39, 0.29) is 5.91 Å². The zero-order valence-corrected chi connectivity index (χ0v) is 16.2. The van der Waals surface area contributed by atoms with Crippen molar-refractivity contribution in [1.82, 2.24) is 9.80 Å². The molecule has 26 heavy (non-hydrogen) atoms. The van der Waals surface area contributed by atoms with Gasteiger partial charge in [-0.3, -0.25) is 4.79 Å². The molecule has 2 fully saturated rings. The summed E-state index contributed by atoms with van der Waals surface area (Å²) in [5, 5.41) is 0. The molecule has 0 unspecified atom stereocenters. The first-order chi connectivity index (χ1) is 12.4. The topological polar surface area (TPSA) is 57.7 Å². The van der Waals surface area contributed by atoms with E-state index in [9.17, 15) is 13.2 Å². The number of carbonyl (C=O) groups excluding carboxylic acids is 1. The number of rotatable bonds is 5. The van der Waals surface area contributed by atoms with Crippen molar-refractivity contribution < 1.29 is 13.2 Å². The predicted molar refractivity (Wildman–Crippen MR) is 104 cm³/mol. The maximum atomic E-state index is 12.6. The molecule has 142 valence electrons. The Bertz CT molecular complexity index is 750. The molecule has 2 aliphatic rings. The second kappa shape index (κ2) is 8.35. The average Bonchev–Trinajstić information content (AvgIpc) is 3.08. The molecule has 0 aromatic heterocycles. The normalized spacial score (nSPS) is 22.2. The Labute approximate surface area is 156 Å². The summed E-state index contributed by atoms with van der Waals surface area (Å²) in [6, 6.07) is 6.94. The van der Waals surface area contributed by atoms with Gasteiger partial charge in [0.05, 0.1) is 4.90 Å². The zero-order chi connectivity index (χ0) is 18.6. The molecule has 0 N–H and O–H groups in total. The Morgan fingerprint density at radius 1 is 1.08 bits per heavy atom. The Balaban J connectivity index is 1.60. The lowest BCUT2D eigenvalue weighted by Gasteiger charge is -2.32. The first-order valence-corrected chi connectivity index (χ1v) is 11.3. The monoisotopic (exact) mass is 376 g/mol. The van der Waals surface area contributed by atoms with Crippen molar-refractivity contribution in [2.24, 2.45) is 0 Å². The minimum absolute atomic E-state index is 0.0525. The molecule has 3 rings (SSSR count). The van der Waals surface area contributed by atoms with Gasteiger partial charge in [0.25, 0.3) is 0 Å². The van der Waals surface area contributed by atoms with Crippen LogP contribution in [-0.4, -0.2) is 62.6 Å². The van der Waals surface area contributed by atoms with Gasteiger partial charge in [-0.2, -0.15) is 0 Å². The maximum Gasteiger partial charge on any atom is 0.246 e. The van der Waals surface area contributed by atoms with Gasteiger partial charge >= 0.3 is 0 Å². The fourth-order valence-corrected chi connectivity index (χ4v) is 4.48. The molecule has 0 radical (unpaired) electrons. The van der Waals surface area contributed by atoms with E-state index in [0.29, 0.717) is 10.9 Å².